The van der Waals surface area contributed by atoms with E-state index in [0.717, 1.165) is 59.2 Å². The van der Waals surface area contributed by atoms with Crippen LogP contribution in [0.2, 0.25) is 5.02 Å². The summed E-state index contributed by atoms with van der Waals surface area (Å²) in [5, 5.41) is 1.76. The number of rotatable bonds is 0. The molecule has 6 heteroatoms. The van der Waals surface area contributed by atoms with E-state index in [9.17, 15) is 0 Å². The van der Waals surface area contributed by atoms with Gasteiger partial charge in [-0.25, -0.2) is 15.0 Å². The molecule has 4 heterocycles. The number of pyridine rings is 1. The van der Waals surface area contributed by atoms with E-state index < -0.39 is 0 Å². The maximum atomic E-state index is 6.43. The van der Waals surface area contributed by atoms with Gasteiger partial charge in [-0.15, -0.1) is 11.3 Å². The minimum Gasteiger partial charge on any atom is -0.279 e. The first-order chi connectivity index (χ1) is 11.6. The van der Waals surface area contributed by atoms with Crippen LogP contribution in [-0.2, 0) is 0 Å². The first-order valence-corrected chi connectivity index (χ1v) is 8.88. The van der Waals surface area contributed by atoms with Crippen molar-refractivity contribution in [1.82, 2.24) is 19.4 Å². The summed E-state index contributed by atoms with van der Waals surface area (Å²) in [6.07, 6.45) is 0. The van der Waals surface area contributed by atoms with Gasteiger partial charge in [-0.05, 0) is 38.5 Å². The second kappa shape index (κ2) is 4.65. The van der Waals surface area contributed by atoms with Gasteiger partial charge in [0, 0.05) is 5.39 Å². The van der Waals surface area contributed by atoms with Crippen LogP contribution in [0.15, 0.2) is 24.3 Å². The first kappa shape index (κ1) is 14.1. The topological polar surface area (TPSA) is 43.1 Å². The molecular formula is C18H13ClN4S. The standard InChI is InChI=1S/C18H13ClN4S/c1-8-13-15-16(24-18(13)20-9(2)14(8)19)17-22-11-6-4-5-7-12(11)23(17)10(3)21-15/h4-7H,1-3H3. The number of para-hydroxylation sites is 2. The zero-order valence-corrected chi connectivity index (χ0v) is 15.0. The Kier molecular flexibility index (Phi) is 2.74. The number of aromatic nitrogens is 4. The highest BCUT2D eigenvalue weighted by atomic mass is 35.5. The third-order valence-electron chi connectivity index (χ3n) is 4.52. The number of thiophene rings is 1. The van der Waals surface area contributed by atoms with Gasteiger partial charge in [0.1, 0.15) is 10.7 Å². The van der Waals surface area contributed by atoms with Gasteiger partial charge >= 0.3 is 0 Å². The molecule has 4 aromatic heterocycles. The summed E-state index contributed by atoms with van der Waals surface area (Å²) >= 11 is 8.07. The Labute approximate surface area is 146 Å². The minimum atomic E-state index is 0.718. The van der Waals surface area contributed by atoms with E-state index >= 15 is 0 Å². The van der Waals surface area contributed by atoms with E-state index in [2.05, 4.69) is 15.5 Å². The summed E-state index contributed by atoms with van der Waals surface area (Å²) in [6.45, 7) is 5.99. The van der Waals surface area contributed by atoms with E-state index in [1.165, 1.54) is 0 Å². The molecule has 0 spiro atoms. The Balaban J connectivity index is 2.10. The zero-order chi connectivity index (χ0) is 16.6. The predicted octanol–water partition coefficient (Wildman–Crippen LogP) is 5.22. The van der Waals surface area contributed by atoms with E-state index in [4.69, 9.17) is 21.6 Å². The molecule has 0 atom stereocenters. The average molecular weight is 353 g/mol. The van der Waals surface area contributed by atoms with Crippen LogP contribution in [0.25, 0.3) is 37.1 Å². The fraction of sp³-hybridized carbons (Fsp3) is 0.167. The number of benzene rings is 1. The van der Waals surface area contributed by atoms with Crippen molar-refractivity contribution in [2.24, 2.45) is 0 Å². The van der Waals surface area contributed by atoms with Crippen LogP contribution in [0.4, 0.5) is 0 Å². The van der Waals surface area contributed by atoms with Crippen molar-refractivity contribution >= 4 is 60.1 Å². The van der Waals surface area contributed by atoms with Crippen molar-refractivity contribution < 1.29 is 0 Å². The van der Waals surface area contributed by atoms with E-state index in [1.54, 1.807) is 11.3 Å². The van der Waals surface area contributed by atoms with Crippen molar-refractivity contribution in [1.29, 1.82) is 0 Å². The zero-order valence-electron chi connectivity index (χ0n) is 13.4. The SMILES string of the molecule is Cc1nc2sc3c(nc(C)n4c5ccccc5nc34)c2c(C)c1Cl. The molecule has 0 saturated heterocycles. The predicted molar refractivity (Wildman–Crippen MR) is 100 cm³/mol. The minimum absolute atomic E-state index is 0.718. The molecule has 5 rings (SSSR count). The lowest BCUT2D eigenvalue weighted by atomic mass is 10.1. The van der Waals surface area contributed by atoms with E-state index in [0.29, 0.717) is 0 Å². The molecule has 0 saturated carbocycles. The van der Waals surface area contributed by atoms with Crippen molar-refractivity contribution in [3.63, 3.8) is 0 Å². The normalized spacial score (nSPS) is 12.2. The highest BCUT2D eigenvalue weighted by molar-refractivity contribution is 7.26. The molecule has 0 radical (unpaired) electrons. The van der Waals surface area contributed by atoms with Crippen molar-refractivity contribution in [2.45, 2.75) is 20.8 Å². The number of halogens is 1. The van der Waals surface area contributed by atoms with Crippen LogP contribution in [0.3, 0.4) is 0 Å². The van der Waals surface area contributed by atoms with Gasteiger partial charge in [0.2, 0.25) is 0 Å². The lowest BCUT2D eigenvalue weighted by Gasteiger charge is -2.04. The first-order valence-electron chi connectivity index (χ1n) is 7.69. The molecule has 118 valence electrons. The quantitative estimate of drug-likeness (QED) is 0.383. The molecule has 5 aromatic rings. The van der Waals surface area contributed by atoms with Gasteiger partial charge in [-0.3, -0.25) is 4.40 Å². The molecule has 0 aliphatic carbocycles. The monoisotopic (exact) mass is 352 g/mol. The third-order valence-corrected chi connectivity index (χ3v) is 6.14. The molecule has 0 unspecified atom stereocenters. The number of aryl methyl sites for hydroxylation is 3. The fourth-order valence-electron chi connectivity index (χ4n) is 3.39. The summed E-state index contributed by atoms with van der Waals surface area (Å²) in [6, 6.07) is 8.15. The van der Waals surface area contributed by atoms with Gasteiger partial charge in [-0.2, -0.15) is 0 Å². The Bertz CT molecular complexity index is 1300. The molecule has 24 heavy (non-hydrogen) atoms. The van der Waals surface area contributed by atoms with Gasteiger partial charge in [0.05, 0.1) is 32.0 Å². The number of imidazole rings is 1. The second-order valence-electron chi connectivity index (χ2n) is 6.01. The van der Waals surface area contributed by atoms with Crippen LogP contribution in [0.1, 0.15) is 17.1 Å². The molecule has 1 aromatic carbocycles. The molecule has 0 N–H and O–H groups in total. The van der Waals surface area contributed by atoms with E-state index in [1.807, 2.05) is 39.0 Å². The summed E-state index contributed by atoms with van der Waals surface area (Å²) in [5.74, 6) is 0.919. The maximum Gasteiger partial charge on any atom is 0.159 e. The highest BCUT2D eigenvalue weighted by Crippen LogP contribution is 2.39. The van der Waals surface area contributed by atoms with Crippen LogP contribution in [0, 0.1) is 20.8 Å². The number of nitrogens with zero attached hydrogens (tertiary/aromatic N) is 4. The molecule has 0 aliphatic heterocycles. The largest absolute Gasteiger partial charge is 0.279 e. The Morgan fingerprint density at radius 3 is 2.67 bits per heavy atom. The Morgan fingerprint density at radius 2 is 1.83 bits per heavy atom. The molecule has 0 bridgehead atoms. The van der Waals surface area contributed by atoms with Gasteiger partial charge in [0.15, 0.2) is 5.65 Å². The average Bonchev–Trinajstić information content (AvgIpc) is 3.11. The molecule has 0 amide bonds. The van der Waals surface area contributed by atoms with Gasteiger partial charge in [0.25, 0.3) is 0 Å². The van der Waals surface area contributed by atoms with Crippen LogP contribution < -0.4 is 0 Å². The summed E-state index contributed by atoms with van der Waals surface area (Å²) < 4.78 is 3.18. The lowest BCUT2D eigenvalue weighted by Crippen LogP contribution is -1.95. The molecule has 0 fully saturated rings. The van der Waals surface area contributed by atoms with Crippen LogP contribution >= 0.6 is 22.9 Å². The third kappa shape index (κ3) is 1.66. The molecular weight excluding hydrogens is 340 g/mol. The van der Waals surface area contributed by atoms with Crippen molar-refractivity contribution in [2.75, 3.05) is 0 Å². The van der Waals surface area contributed by atoms with Crippen molar-refractivity contribution in [3.8, 4) is 0 Å². The number of hydrogen-bond donors (Lipinski definition) is 0. The number of hydrogen-bond acceptors (Lipinski definition) is 4. The van der Waals surface area contributed by atoms with Crippen LogP contribution in [0.5, 0.6) is 0 Å². The summed E-state index contributed by atoms with van der Waals surface area (Å²) in [5.41, 5.74) is 5.84. The maximum absolute atomic E-state index is 6.43. The van der Waals surface area contributed by atoms with Gasteiger partial charge < -0.3 is 0 Å². The highest BCUT2D eigenvalue weighted by Gasteiger charge is 2.19. The molecule has 4 nitrogen and oxygen atoms in total. The fourth-order valence-corrected chi connectivity index (χ4v) is 4.72. The lowest BCUT2D eigenvalue weighted by molar-refractivity contribution is 1.04. The second-order valence-corrected chi connectivity index (χ2v) is 7.39. The van der Waals surface area contributed by atoms with Crippen LogP contribution in [-0.4, -0.2) is 19.4 Å². The Hall–Kier alpha value is -2.24. The summed E-state index contributed by atoms with van der Waals surface area (Å²) in [7, 11) is 0. The summed E-state index contributed by atoms with van der Waals surface area (Å²) in [4.78, 5) is 15.4. The smallest absolute Gasteiger partial charge is 0.159 e. The van der Waals surface area contributed by atoms with Gasteiger partial charge in [-0.1, -0.05) is 23.7 Å². The number of fused-ring (bicyclic) bond motifs is 7. The Morgan fingerprint density at radius 1 is 1.04 bits per heavy atom. The van der Waals surface area contributed by atoms with E-state index in [-0.39, 0.29) is 0 Å². The van der Waals surface area contributed by atoms with Crippen molar-refractivity contribution in [3.05, 3.63) is 46.4 Å². The molecule has 0 aliphatic rings.